The average Bonchev–Trinajstić information content (AvgIpc) is 3.60. The number of nitrogens with zero attached hydrogens (tertiary/aromatic N) is 4. The summed E-state index contributed by atoms with van der Waals surface area (Å²) in [5.41, 5.74) is 8.49. The number of nitro groups is 2. The van der Waals surface area contributed by atoms with Gasteiger partial charge in [0.1, 0.15) is 8.64 Å². The number of nitrogens with one attached hydrogen (secondary N) is 4. The van der Waals surface area contributed by atoms with Gasteiger partial charge in [-0.3, -0.25) is 80.5 Å². The van der Waals surface area contributed by atoms with Gasteiger partial charge in [0.25, 0.3) is 35.0 Å². The summed E-state index contributed by atoms with van der Waals surface area (Å²) in [6, 6.07) is 10.1. The van der Waals surface area contributed by atoms with E-state index in [1.54, 1.807) is 0 Å². The Kier molecular flexibility index (Phi) is 15.1. The number of carbonyl (C=O) groups is 6. The lowest BCUT2D eigenvalue weighted by molar-refractivity contribution is -0.385. The Morgan fingerprint density at radius 2 is 1.00 bits per heavy atom. The van der Waals surface area contributed by atoms with Crippen molar-refractivity contribution in [2.24, 2.45) is 0 Å². The van der Waals surface area contributed by atoms with Crippen molar-refractivity contribution in [1.29, 1.82) is 0 Å². The summed E-state index contributed by atoms with van der Waals surface area (Å²) in [4.78, 5) is 98.9. The van der Waals surface area contributed by atoms with Crippen LogP contribution in [0.4, 0.5) is 11.4 Å². The van der Waals surface area contributed by atoms with E-state index in [1.165, 1.54) is 46.2 Å². The van der Waals surface area contributed by atoms with Gasteiger partial charge in [0.05, 0.1) is 19.7 Å². The number of hydrazine groups is 2. The number of benzene rings is 2. The molecule has 6 amide bonds. The molecule has 2 heterocycles. The molecule has 22 heteroatoms. The molecule has 54 heavy (non-hydrogen) atoms. The van der Waals surface area contributed by atoms with Crippen LogP contribution in [0.1, 0.15) is 72.1 Å². The second kappa shape index (κ2) is 19.7. The molecule has 0 saturated carbocycles. The lowest BCUT2D eigenvalue weighted by Gasteiger charge is -2.14. The molecule has 4 rings (SSSR count). The number of unbranched alkanes of at least 4 members (excludes halogenated alkanes) is 4. The zero-order chi connectivity index (χ0) is 39.4. The average molecular weight is 817 g/mol. The Balaban J connectivity index is 1.13. The molecule has 2 saturated heterocycles. The van der Waals surface area contributed by atoms with Crippen LogP contribution in [0.25, 0.3) is 0 Å². The summed E-state index contributed by atoms with van der Waals surface area (Å²) in [7, 11) is 0. The van der Waals surface area contributed by atoms with Crippen LogP contribution in [0.3, 0.4) is 0 Å². The van der Waals surface area contributed by atoms with E-state index in [-0.39, 0.29) is 58.2 Å². The molecular weight excluding hydrogens is 785 g/mol. The van der Waals surface area contributed by atoms with E-state index in [0.29, 0.717) is 47.2 Å². The van der Waals surface area contributed by atoms with Crippen LogP contribution in [0.5, 0.6) is 0 Å². The molecule has 2 aliphatic heterocycles. The van der Waals surface area contributed by atoms with E-state index < -0.39 is 45.3 Å². The van der Waals surface area contributed by atoms with Gasteiger partial charge in [-0.15, -0.1) is 0 Å². The zero-order valence-corrected chi connectivity index (χ0v) is 31.5. The predicted molar refractivity (Wildman–Crippen MR) is 205 cm³/mol. The Bertz CT molecular complexity index is 1810. The predicted octanol–water partition coefficient (Wildman–Crippen LogP) is 3.78. The number of rotatable bonds is 16. The number of amides is 6. The topological polar surface area (TPSA) is 243 Å². The number of thiocarbonyl (C=S) groups is 2. The van der Waals surface area contributed by atoms with E-state index in [1.807, 2.05) is 0 Å². The molecule has 4 N–H and O–H groups in total. The van der Waals surface area contributed by atoms with Crippen molar-refractivity contribution in [3.05, 3.63) is 89.7 Å². The Morgan fingerprint density at radius 1 is 0.611 bits per heavy atom. The maximum Gasteiger partial charge on any atom is 0.270 e. The molecule has 2 aromatic carbocycles. The minimum absolute atomic E-state index is 0.0140. The molecule has 0 aliphatic carbocycles. The summed E-state index contributed by atoms with van der Waals surface area (Å²) >= 11 is 12.9. The third-order valence-electron chi connectivity index (χ3n) is 7.74. The van der Waals surface area contributed by atoms with Crippen LogP contribution >= 0.6 is 48.0 Å². The van der Waals surface area contributed by atoms with Crippen molar-refractivity contribution in [3.8, 4) is 0 Å². The van der Waals surface area contributed by atoms with Gasteiger partial charge in [0.15, 0.2) is 0 Å². The maximum absolute atomic E-state index is 13.2. The molecule has 0 unspecified atom stereocenters. The molecule has 0 atom stereocenters. The van der Waals surface area contributed by atoms with Gasteiger partial charge in [-0.1, -0.05) is 72.9 Å². The Labute approximate surface area is 326 Å². The fraction of sp³-hybridized carbons (Fsp3) is 0.312. The summed E-state index contributed by atoms with van der Waals surface area (Å²) in [6.45, 7) is 0.539. The van der Waals surface area contributed by atoms with Gasteiger partial charge in [-0.25, -0.2) is 0 Å². The van der Waals surface area contributed by atoms with E-state index in [0.717, 1.165) is 35.7 Å². The second-order valence-electron chi connectivity index (χ2n) is 11.5. The third kappa shape index (κ3) is 11.3. The van der Waals surface area contributed by atoms with Crippen LogP contribution in [0.15, 0.2) is 58.3 Å². The van der Waals surface area contributed by atoms with Crippen molar-refractivity contribution >= 4 is 103 Å². The standard InChI is InChI=1S/C32H32N8O10S4/c41-23(33-35-27(43)19-9-7-11-21(17-19)39(47)48)13-3-1-5-15-37-29(45)25(53-31(37)51)26-30(46)38(32(52)54-26)16-6-2-4-14-24(42)34-36-28(44)20-10-8-12-22(18-20)40(49)50/h7-12,17-18H,1-6,13-16H2,(H,33,41)(H,34,42)(H,35,43)(H,36,44). The molecule has 0 bridgehead atoms. The van der Waals surface area contributed by atoms with Crippen molar-refractivity contribution < 1.29 is 38.6 Å². The van der Waals surface area contributed by atoms with E-state index >= 15 is 0 Å². The fourth-order valence-electron chi connectivity index (χ4n) is 4.96. The van der Waals surface area contributed by atoms with E-state index in [4.69, 9.17) is 24.4 Å². The van der Waals surface area contributed by atoms with Gasteiger partial charge >= 0.3 is 0 Å². The maximum atomic E-state index is 13.2. The van der Waals surface area contributed by atoms with Crippen molar-refractivity contribution in [1.82, 2.24) is 31.5 Å². The summed E-state index contributed by atoms with van der Waals surface area (Å²) < 4.78 is 0.586. The number of hydrogen-bond acceptors (Lipinski definition) is 14. The highest BCUT2D eigenvalue weighted by atomic mass is 32.2. The molecule has 0 spiro atoms. The first-order valence-electron chi connectivity index (χ1n) is 16.3. The van der Waals surface area contributed by atoms with Crippen molar-refractivity contribution in [3.63, 3.8) is 0 Å². The van der Waals surface area contributed by atoms with Crippen molar-refractivity contribution in [2.45, 2.75) is 51.4 Å². The number of hydrogen-bond donors (Lipinski definition) is 4. The van der Waals surface area contributed by atoms with Crippen LogP contribution in [-0.2, 0) is 19.2 Å². The summed E-state index contributed by atoms with van der Waals surface area (Å²) in [5.74, 6) is -3.15. The first-order valence-corrected chi connectivity index (χ1v) is 18.7. The molecule has 284 valence electrons. The van der Waals surface area contributed by atoms with Crippen LogP contribution in [-0.4, -0.2) is 76.8 Å². The van der Waals surface area contributed by atoms with E-state index in [2.05, 4.69) is 21.7 Å². The van der Waals surface area contributed by atoms with Crippen LogP contribution in [0, 0.1) is 20.2 Å². The zero-order valence-electron chi connectivity index (χ0n) is 28.2. The van der Waals surface area contributed by atoms with Gasteiger partial charge in [-0.2, -0.15) is 0 Å². The number of thioether (sulfide) groups is 2. The first-order chi connectivity index (χ1) is 25.8. The largest absolute Gasteiger partial charge is 0.293 e. The van der Waals surface area contributed by atoms with Gasteiger partial charge in [-0.05, 0) is 37.8 Å². The Hall–Kier alpha value is -5.32. The van der Waals surface area contributed by atoms with Crippen molar-refractivity contribution in [2.75, 3.05) is 13.1 Å². The summed E-state index contributed by atoms with van der Waals surface area (Å²) in [5, 5.41) is 21.8. The molecule has 0 aromatic heterocycles. The monoisotopic (exact) mass is 816 g/mol. The lowest BCUT2D eigenvalue weighted by atomic mass is 10.2. The van der Waals surface area contributed by atoms with Gasteiger partial charge < -0.3 is 0 Å². The highest BCUT2D eigenvalue weighted by Crippen LogP contribution is 2.42. The number of carbonyl (C=O) groups excluding carboxylic acids is 6. The van der Waals surface area contributed by atoms with Gasteiger partial charge in [0.2, 0.25) is 11.8 Å². The highest BCUT2D eigenvalue weighted by Gasteiger charge is 2.41. The number of nitro benzene ring substituents is 2. The molecule has 0 radical (unpaired) electrons. The van der Waals surface area contributed by atoms with Crippen LogP contribution in [0.2, 0.25) is 0 Å². The lowest BCUT2D eigenvalue weighted by Crippen LogP contribution is -2.41. The molecule has 2 fully saturated rings. The second-order valence-corrected chi connectivity index (χ2v) is 14.8. The fourth-order valence-corrected chi connectivity index (χ4v) is 7.74. The molecule has 2 aliphatic rings. The summed E-state index contributed by atoms with van der Waals surface area (Å²) in [6.07, 6.45) is 3.16. The molecule has 18 nitrogen and oxygen atoms in total. The molecular formula is C32H32N8O10S4. The van der Waals surface area contributed by atoms with Crippen LogP contribution < -0.4 is 21.7 Å². The number of non-ortho nitro benzene ring substituents is 2. The smallest absolute Gasteiger partial charge is 0.270 e. The van der Waals surface area contributed by atoms with Gasteiger partial charge in [0, 0.05) is 61.3 Å². The Morgan fingerprint density at radius 3 is 1.37 bits per heavy atom. The first kappa shape index (κ1) is 41.4. The quantitative estimate of drug-likeness (QED) is 0.0620. The third-order valence-corrected chi connectivity index (χ3v) is 10.8. The SMILES string of the molecule is O=C(CCCCCN1C(=O)C(=C2SC(=S)N(CCCCCC(=O)NNC(=O)c3cccc([N+](=O)[O-])c3)C2=O)SC1=S)NNC(=O)c1cccc([N+](=O)[O-])c1. The van der Waals surface area contributed by atoms with E-state index in [9.17, 15) is 49.0 Å². The minimum Gasteiger partial charge on any atom is -0.293 e. The minimum atomic E-state index is -0.704. The normalized spacial score (nSPS) is 15.3. The highest BCUT2D eigenvalue weighted by molar-refractivity contribution is 8.29. The molecule has 2 aromatic rings.